The first-order chi connectivity index (χ1) is 6.68. The molecule has 73 valence electrons. The van der Waals surface area contributed by atoms with Gasteiger partial charge in [-0.25, -0.2) is 4.79 Å². The molecular formula is C10H11N2OS. The van der Waals surface area contributed by atoms with E-state index in [1.165, 1.54) is 0 Å². The normalized spacial score (nSPS) is 9.43. The minimum absolute atomic E-state index is 0.362. The van der Waals surface area contributed by atoms with Crippen molar-refractivity contribution in [2.45, 2.75) is 6.42 Å². The molecule has 1 aromatic rings. The fourth-order valence-electron chi connectivity index (χ4n) is 0.997. The number of thiocarbonyl (C=S) groups is 1. The predicted molar refractivity (Wildman–Crippen MR) is 59.8 cm³/mol. The van der Waals surface area contributed by atoms with Gasteiger partial charge in [-0.2, -0.15) is 0 Å². The molecule has 0 unspecified atom stereocenters. The molecule has 0 spiro atoms. The van der Waals surface area contributed by atoms with E-state index in [2.05, 4.69) is 5.32 Å². The Bertz CT molecular complexity index is 324. The Kier molecular flexibility index (Phi) is 4.07. The molecule has 0 bridgehead atoms. The SMILES string of the molecule is NC(=O)NC(=S)[CH]Cc1ccccc1. The third kappa shape index (κ3) is 4.00. The number of amides is 2. The molecule has 0 heterocycles. The quantitative estimate of drug-likeness (QED) is 0.737. The van der Waals surface area contributed by atoms with Gasteiger partial charge in [0.15, 0.2) is 0 Å². The molecule has 0 saturated heterocycles. The standard InChI is InChI=1S/C10H11N2OS/c11-10(13)12-9(14)7-6-8-4-2-1-3-5-8/h1-5,7H,6H2,(H3,11,12,13,14). The lowest BCUT2D eigenvalue weighted by Gasteiger charge is -2.03. The van der Waals surface area contributed by atoms with Crippen LogP contribution in [0.5, 0.6) is 0 Å². The molecule has 0 aliphatic rings. The van der Waals surface area contributed by atoms with Crippen LogP contribution in [0.3, 0.4) is 0 Å². The van der Waals surface area contributed by atoms with Crippen molar-refractivity contribution in [2.75, 3.05) is 0 Å². The van der Waals surface area contributed by atoms with Gasteiger partial charge in [-0.15, -0.1) is 0 Å². The second kappa shape index (κ2) is 5.34. The van der Waals surface area contributed by atoms with E-state index >= 15 is 0 Å². The first-order valence-electron chi connectivity index (χ1n) is 4.16. The van der Waals surface area contributed by atoms with Gasteiger partial charge in [0.05, 0.1) is 4.99 Å². The maximum atomic E-state index is 10.4. The topological polar surface area (TPSA) is 55.1 Å². The lowest BCUT2D eigenvalue weighted by molar-refractivity contribution is 0.253. The van der Waals surface area contributed by atoms with Crippen LogP contribution in [0.2, 0.25) is 0 Å². The van der Waals surface area contributed by atoms with Gasteiger partial charge in [0.1, 0.15) is 0 Å². The van der Waals surface area contributed by atoms with Gasteiger partial charge in [-0.05, 0) is 12.0 Å². The van der Waals surface area contributed by atoms with E-state index in [-0.39, 0.29) is 0 Å². The van der Waals surface area contributed by atoms with Gasteiger partial charge < -0.3 is 11.1 Å². The zero-order chi connectivity index (χ0) is 10.4. The van der Waals surface area contributed by atoms with Crippen LogP contribution in [0.25, 0.3) is 0 Å². The molecular weight excluding hydrogens is 196 g/mol. The Hall–Kier alpha value is -1.42. The highest BCUT2D eigenvalue weighted by Crippen LogP contribution is 2.01. The number of primary amides is 1. The summed E-state index contributed by atoms with van der Waals surface area (Å²) in [5.41, 5.74) is 6.04. The monoisotopic (exact) mass is 207 g/mol. The van der Waals surface area contributed by atoms with Crippen LogP contribution in [-0.2, 0) is 6.42 Å². The van der Waals surface area contributed by atoms with Crippen molar-refractivity contribution in [1.82, 2.24) is 5.32 Å². The van der Waals surface area contributed by atoms with Crippen molar-refractivity contribution in [2.24, 2.45) is 5.73 Å². The largest absolute Gasteiger partial charge is 0.351 e. The minimum atomic E-state index is -0.626. The first-order valence-corrected chi connectivity index (χ1v) is 4.57. The van der Waals surface area contributed by atoms with Crippen LogP contribution in [-0.4, -0.2) is 11.0 Å². The van der Waals surface area contributed by atoms with Gasteiger partial charge in [-0.1, -0.05) is 42.5 Å². The zero-order valence-electron chi connectivity index (χ0n) is 7.57. The molecule has 1 aromatic carbocycles. The van der Waals surface area contributed by atoms with E-state index in [1.807, 2.05) is 30.3 Å². The van der Waals surface area contributed by atoms with Crippen molar-refractivity contribution >= 4 is 23.2 Å². The van der Waals surface area contributed by atoms with E-state index in [9.17, 15) is 4.79 Å². The van der Waals surface area contributed by atoms with E-state index in [0.717, 1.165) is 5.56 Å². The molecule has 0 fully saturated rings. The number of nitrogens with two attached hydrogens (primary N) is 1. The molecule has 1 rings (SSSR count). The molecule has 0 saturated carbocycles. The number of carbonyl (C=O) groups is 1. The summed E-state index contributed by atoms with van der Waals surface area (Å²) >= 11 is 4.86. The number of carbonyl (C=O) groups excluding carboxylic acids is 1. The number of rotatable bonds is 3. The summed E-state index contributed by atoms with van der Waals surface area (Å²) in [5.74, 6) is 0. The highest BCUT2D eigenvalue weighted by Gasteiger charge is 2.00. The van der Waals surface area contributed by atoms with Gasteiger partial charge in [-0.3, -0.25) is 0 Å². The number of urea groups is 1. The van der Waals surface area contributed by atoms with E-state index in [1.54, 1.807) is 6.42 Å². The second-order valence-electron chi connectivity index (χ2n) is 2.75. The summed E-state index contributed by atoms with van der Waals surface area (Å²) in [4.78, 5) is 10.8. The summed E-state index contributed by atoms with van der Waals surface area (Å²) in [7, 11) is 0. The predicted octanol–water partition coefficient (Wildman–Crippen LogP) is 1.43. The van der Waals surface area contributed by atoms with Crippen LogP contribution in [0, 0.1) is 6.42 Å². The molecule has 0 atom stereocenters. The molecule has 3 N–H and O–H groups in total. The summed E-state index contributed by atoms with van der Waals surface area (Å²) in [5, 5.41) is 2.33. The minimum Gasteiger partial charge on any atom is -0.351 e. The zero-order valence-corrected chi connectivity index (χ0v) is 8.38. The van der Waals surface area contributed by atoms with Crippen molar-refractivity contribution in [3.63, 3.8) is 0 Å². The lowest BCUT2D eigenvalue weighted by Crippen LogP contribution is -2.34. The molecule has 0 aliphatic carbocycles. The second-order valence-corrected chi connectivity index (χ2v) is 3.19. The van der Waals surface area contributed by atoms with Gasteiger partial charge in [0, 0.05) is 6.42 Å². The van der Waals surface area contributed by atoms with Crippen molar-refractivity contribution in [3.05, 3.63) is 42.3 Å². The summed E-state index contributed by atoms with van der Waals surface area (Å²) in [6, 6.07) is 9.21. The van der Waals surface area contributed by atoms with Crippen molar-refractivity contribution in [1.29, 1.82) is 0 Å². The average Bonchev–Trinajstić information content (AvgIpc) is 2.15. The smallest absolute Gasteiger partial charge is 0.317 e. The number of hydrogen-bond acceptors (Lipinski definition) is 2. The van der Waals surface area contributed by atoms with E-state index in [4.69, 9.17) is 18.0 Å². The van der Waals surface area contributed by atoms with Crippen molar-refractivity contribution < 1.29 is 4.79 Å². The van der Waals surface area contributed by atoms with Crippen LogP contribution in [0.4, 0.5) is 4.79 Å². The Balaban J connectivity index is 2.34. The highest BCUT2D eigenvalue weighted by atomic mass is 32.1. The number of benzene rings is 1. The maximum Gasteiger partial charge on any atom is 0.317 e. The molecule has 1 radical (unpaired) electrons. The summed E-state index contributed by atoms with van der Waals surface area (Å²) in [6.45, 7) is 0. The average molecular weight is 207 g/mol. The number of nitrogens with one attached hydrogen (secondary N) is 1. The molecule has 4 heteroatoms. The Morgan fingerprint density at radius 2 is 2.07 bits per heavy atom. The van der Waals surface area contributed by atoms with E-state index in [0.29, 0.717) is 11.4 Å². The van der Waals surface area contributed by atoms with Crippen LogP contribution < -0.4 is 11.1 Å². The van der Waals surface area contributed by atoms with Crippen molar-refractivity contribution in [3.8, 4) is 0 Å². The van der Waals surface area contributed by atoms with Gasteiger partial charge in [0.2, 0.25) is 0 Å². The molecule has 0 aliphatic heterocycles. The maximum absolute atomic E-state index is 10.4. The fourth-order valence-corrected chi connectivity index (χ4v) is 1.18. The molecule has 14 heavy (non-hydrogen) atoms. The van der Waals surface area contributed by atoms with Gasteiger partial charge >= 0.3 is 6.03 Å². The Morgan fingerprint density at radius 1 is 1.43 bits per heavy atom. The molecule has 3 nitrogen and oxygen atoms in total. The summed E-state index contributed by atoms with van der Waals surface area (Å²) < 4.78 is 0. The number of hydrogen-bond donors (Lipinski definition) is 2. The Labute approximate surface area is 88.3 Å². The first kappa shape index (κ1) is 10.7. The van der Waals surface area contributed by atoms with E-state index < -0.39 is 6.03 Å². The van der Waals surface area contributed by atoms with Gasteiger partial charge in [0.25, 0.3) is 0 Å². The molecule has 0 aromatic heterocycles. The van der Waals surface area contributed by atoms with Crippen LogP contribution >= 0.6 is 12.2 Å². The third-order valence-electron chi connectivity index (χ3n) is 1.61. The van der Waals surface area contributed by atoms with Crippen LogP contribution in [0.1, 0.15) is 5.56 Å². The third-order valence-corrected chi connectivity index (χ3v) is 1.88. The fraction of sp³-hybridized carbons (Fsp3) is 0.100. The summed E-state index contributed by atoms with van der Waals surface area (Å²) in [6.07, 6.45) is 2.44. The Morgan fingerprint density at radius 3 is 2.64 bits per heavy atom. The lowest BCUT2D eigenvalue weighted by atomic mass is 10.1. The highest BCUT2D eigenvalue weighted by molar-refractivity contribution is 7.80. The van der Waals surface area contributed by atoms with Crippen LogP contribution in [0.15, 0.2) is 30.3 Å². The molecule has 2 amide bonds.